The van der Waals surface area contributed by atoms with Crippen molar-refractivity contribution in [1.82, 2.24) is 0 Å². The normalized spacial score (nSPS) is 24.4. The molecule has 0 amide bonds. The number of ether oxygens (including phenoxy) is 2. The Morgan fingerprint density at radius 3 is 2.26 bits per heavy atom. The van der Waals surface area contributed by atoms with Crippen LogP contribution in [0.25, 0.3) is 0 Å². The molecule has 1 unspecified atom stereocenters. The fourth-order valence-corrected chi connectivity index (χ4v) is 7.37. The predicted molar refractivity (Wildman–Crippen MR) is 158 cm³/mol. The van der Waals surface area contributed by atoms with Crippen LogP contribution in [0.4, 0.5) is 0 Å². The summed E-state index contributed by atoms with van der Waals surface area (Å²) in [5.74, 6) is 2.36. The third kappa shape index (κ3) is 10.8. The SMILES string of the molecule is C=O.CCCC(CO/C(C)=C1\S/C(=C(/C#N)C(=O)OCCC(C)(C)O)S\C1=C(/C)CC)C1CCC(C)CC1. The third-order valence-corrected chi connectivity index (χ3v) is 10.1. The molecule has 1 aliphatic carbocycles. The maximum Gasteiger partial charge on any atom is 0.350 e. The van der Waals surface area contributed by atoms with Crippen LogP contribution in [0.1, 0.15) is 99.8 Å². The Kier molecular flexibility index (Phi) is 15.4. The predicted octanol–water partition coefficient (Wildman–Crippen LogP) is 7.90. The quantitative estimate of drug-likeness (QED) is 0.117. The molecule has 0 aromatic rings. The van der Waals surface area contributed by atoms with E-state index < -0.39 is 11.6 Å². The van der Waals surface area contributed by atoms with Crippen molar-refractivity contribution in [3.05, 3.63) is 31.0 Å². The Morgan fingerprint density at radius 1 is 1.13 bits per heavy atom. The molecule has 0 aromatic heterocycles. The monoisotopic (exact) mass is 565 g/mol. The first-order chi connectivity index (χ1) is 18.0. The molecule has 0 aromatic carbocycles. The van der Waals surface area contributed by atoms with Gasteiger partial charge in [0.15, 0.2) is 5.57 Å². The van der Waals surface area contributed by atoms with Crippen molar-refractivity contribution in [2.75, 3.05) is 13.2 Å². The number of thioether (sulfide) groups is 2. The van der Waals surface area contributed by atoms with Gasteiger partial charge in [0.2, 0.25) is 0 Å². The summed E-state index contributed by atoms with van der Waals surface area (Å²) < 4.78 is 12.4. The Bertz CT molecular complexity index is 918. The lowest BCUT2D eigenvalue weighted by atomic mass is 9.75. The average molecular weight is 566 g/mol. The number of hydrogen-bond acceptors (Lipinski definition) is 8. The van der Waals surface area contributed by atoms with E-state index in [-0.39, 0.29) is 12.2 Å². The van der Waals surface area contributed by atoms with Crippen molar-refractivity contribution in [2.24, 2.45) is 17.8 Å². The lowest BCUT2D eigenvalue weighted by Gasteiger charge is -2.32. The van der Waals surface area contributed by atoms with Crippen LogP contribution in [0.5, 0.6) is 0 Å². The Morgan fingerprint density at radius 2 is 1.74 bits per heavy atom. The minimum Gasteiger partial charge on any atom is -0.497 e. The molecule has 2 aliphatic rings. The van der Waals surface area contributed by atoms with E-state index in [4.69, 9.17) is 14.3 Å². The fourth-order valence-electron chi connectivity index (χ4n) is 4.60. The smallest absolute Gasteiger partial charge is 0.350 e. The van der Waals surface area contributed by atoms with Gasteiger partial charge >= 0.3 is 5.97 Å². The number of carbonyl (C=O) groups is 2. The largest absolute Gasteiger partial charge is 0.497 e. The lowest BCUT2D eigenvalue weighted by molar-refractivity contribution is -0.139. The summed E-state index contributed by atoms with van der Waals surface area (Å²) >= 11 is 2.90. The molecule has 6 nitrogen and oxygen atoms in total. The number of hydrogen-bond donors (Lipinski definition) is 1. The van der Waals surface area contributed by atoms with Gasteiger partial charge in [-0.15, -0.1) is 0 Å². The van der Waals surface area contributed by atoms with Crippen LogP contribution in [0, 0.1) is 29.1 Å². The first-order valence-electron chi connectivity index (χ1n) is 13.7. The molecule has 38 heavy (non-hydrogen) atoms. The van der Waals surface area contributed by atoms with Gasteiger partial charge in [0.05, 0.1) is 28.0 Å². The highest BCUT2D eigenvalue weighted by molar-refractivity contribution is 8.29. The maximum atomic E-state index is 12.7. The van der Waals surface area contributed by atoms with Gasteiger partial charge in [-0.1, -0.05) is 69.1 Å². The van der Waals surface area contributed by atoms with Gasteiger partial charge in [0, 0.05) is 11.3 Å². The summed E-state index contributed by atoms with van der Waals surface area (Å²) in [6.07, 6.45) is 8.75. The van der Waals surface area contributed by atoms with E-state index in [0.29, 0.717) is 16.6 Å². The van der Waals surface area contributed by atoms with E-state index in [1.54, 1.807) is 13.8 Å². The Balaban J connectivity index is 0.00000352. The summed E-state index contributed by atoms with van der Waals surface area (Å²) in [6.45, 7) is 16.9. The zero-order chi connectivity index (χ0) is 28.9. The molecular weight excluding hydrogens is 518 g/mol. The van der Waals surface area contributed by atoms with Gasteiger partial charge < -0.3 is 19.4 Å². The number of aliphatic hydroxyl groups is 1. The number of nitriles is 1. The molecule has 214 valence electrons. The minimum absolute atomic E-state index is 0.0186. The van der Waals surface area contributed by atoms with Crippen LogP contribution >= 0.6 is 23.5 Å². The third-order valence-electron chi connectivity index (χ3n) is 7.20. The van der Waals surface area contributed by atoms with E-state index in [1.165, 1.54) is 61.2 Å². The van der Waals surface area contributed by atoms with E-state index >= 15 is 0 Å². The topological polar surface area (TPSA) is 96.6 Å². The van der Waals surface area contributed by atoms with Crippen molar-refractivity contribution in [2.45, 2.75) is 105 Å². The molecule has 1 saturated carbocycles. The first kappa shape index (κ1) is 34.3. The number of esters is 1. The molecule has 0 radical (unpaired) electrons. The number of allylic oxidation sites excluding steroid dienone is 2. The van der Waals surface area contributed by atoms with Gasteiger partial charge in [-0.2, -0.15) is 5.26 Å². The molecule has 0 bridgehead atoms. The zero-order valence-electron chi connectivity index (χ0n) is 24.4. The maximum absolute atomic E-state index is 12.7. The van der Waals surface area contributed by atoms with E-state index in [1.807, 2.05) is 13.7 Å². The second kappa shape index (κ2) is 17.1. The van der Waals surface area contributed by atoms with Gasteiger partial charge in [0.25, 0.3) is 0 Å². The van der Waals surface area contributed by atoms with Crippen LogP contribution in [0.2, 0.25) is 0 Å². The van der Waals surface area contributed by atoms with Crippen molar-refractivity contribution in [3.8, 4) is 6.07 Å². The van der Waals surface area contributed by atoms with Crippen LogP contribution < -0.4 is 0 Å². The highest BCUT2D eigenvalue weighted by atomic mass is 32.2. The number of nitrogens with zero attached hydrogens (tertiary/aromatic N) is 1. The van der Waals surface area contributed by atoms with E-state index in [2.05, 4.69) is 33.8 Å². The van der Waals surface area contributed by atoms with Crippen LogP contribution in [-0.4, -0.2) is 36.7 Å². The van der Waals surface area contributed by atoms with Crippen molar-refractivity contribution < 1.29 is 24.2 Å². The summed E-state index contributed by atoms with van der Waals surface area (Å²) in [5, 5.41) is 19.6. The minimum atomic E-state index is -0.929. The van der Waals surface area contributed by atoms with Gasteiger partial charge in [0.1, 0.15) is 18.6 Å². The van der Waals surface area contributed by atoms with E-state index in [0.717, 1.165) is 46.9 Å². The summed E-state index contributed by atoms with van der Waals surface area (Å²) in [6, 6.07) is 2.06. The zero-order valence-corrected chi connectivity index (χ0v) is 26.0. The molecule has 1 saturated heterocycles. The molecular formula is C30H47NO5S2. The first-order valence-corrected chi connectivity index (χ1v) is 15.4. The second-order valence-corrected chi connectivity index (χ2v) is 13.2. The molecule has 8 heteroatoms. The van der Waals surface area contributed by atoms with Gasteiger partial charge in [-0.05, 0) is 71.1 Å². The van der Waals surface area contributed by atoms with Crippen molar-refractivity contribution >= 4 is 36.3 Å². The standard InChI is InChI=1S/C29H45NO4S2.CH2O/c1-8-10-23(22-13-11-19(3)12-14-22)18-34-21(5)26-25(20(4)9-2)35-28(36-26)24(17-30)27(31)33-16-15-29(6,7)32;1-2/h19,22-23,32H,8-16,18H2,1-7H3;1H2/b25-20+,26-21-,28-24-;. The van der Waals surface area contributed by atoms with Gasteiger partial charge in [-0.3, -0.25) is 0 Å². The molecule has 2 rings (SSSR count). The highest BCUT2D eigenvalue weighted by Crippen LogP contribution is 2.56. The Hall–Kier alpha value is -1.69. The molecule has 1 N–H and O–H groups in total. The number of rotatable bonds is 11. The molecule has 2 fully saturated rings. The summed E-state index contributed by atoms with van der Waals surface area (Å²) in [5.41, 5.74) is 0.297. The highest BCUT2D eigenvalue weighted by Gasteiger charge is 2.32. The fraction of sp³-hybridized carbons (Fsp3) is 0.700. The van der Waals surface area contributed by atoms with Crippen molar-refractivity contribution in [3.63, 3.8) is 0 Å². The molecule has 0 spiro atoms. The second-order valence-electron chi connectivity index (χ2n) is 10.9. The molecule has 1 atom stereocenters. The molecule has 1 aliphatic heterocycles. The molecule has 1 heterocycles. The van der Waals surface area contributed by atoms with Crippen LogP contribution in [-0.2, 0) is 19.1 Å². The van der Waals surface area contributed by atoms with Crippen LogP contribution in [0.15, 0.2) is 31.0 Å². The Labute approximate surface area is 238 Å². The van der Waals surface area contributed by atoms with E-state index in [9.17, 15) is 15.2 Å². The van der Waals surface area contributed by atoms with Crippen LogP contribution in [0.3, 0.4) is 0 Å². The summed E-state index contributed by atoms with van der Waals surface area (Å²) in [4.78, 5) is 22.8. The average Bonchev–Trinajstić information content (AvgIpc) is 3.32. The number of carbonyl (C=O) groups excluding carboxylic acids is 2. The van der Waals surface area contributed by atoms with Gasteiger partial charge in [-0.25, -0.2) is 4.79 Å². The van der Waals surface area contributed by atoms with Crippen molar-refractivity contribution in [1.29, 1.82) is 5.26 Å². The summed E-state index contributed by atoms with van der Waals surface area (Å²) in [7, 11) is 0. The lowest BCUT2D eigenvalue weighted by Crippen LogP contribution is -2.24.